The van der Waals surface area contributed by atoms with Gasteiger partial charge in [0.25, 0.3) is 0 Å². The highest BCUT2D eigenvalue weighted by Gasteiger charge is 2.36. The van der Waals surface area contributed by atoms with Crippen LogP contribution in [0.1, 0.15) is 25.6 Å². The van der Waals surface area contributed by atoms with Gasteiger partial charge in [0.1, 0.15) is 5.60 Å². The minimum Gasteiger partial charge on any atom is -0.444 e. The van der Waals surface area contributed by atoms with Gasteiger partial charge in [-0.05, 0) is 49.2 Å². The molecule has 1 N–H and O–H groups in total. The molecule has 1 aromatic rings. The minimum absolute atomic E-state index is 0.0769. The zero-order valence-electron chi connectivity index (χ0n) is 11.9. The van der Waals surface area contributed by atoms with Crippen molar-refractivity contribution in [1.29, 1.82) is 0 Å². The summed E-state index contributed by atoms with van der Waals surface area (Å²) in [7, 11) is 0. The topological polar surface area (TPSA) is 49.8 Å². The Bertz CT molecular complexity index is 483. The van der Waals surface area contributed by atoms with Crippen LogP contribution in [0.3, 0.4) is 0 Å². The second-order valence-corrected chi connectivity index (χ2v) is 8.06. The highest BCUT2D eigenvalue weighted by atomic mass is 79.9. The predicted molar refractivity (Wildman–Crippen MR) is 83.0 cm³/mol. The van der Waals surface area contributed by atoms with Crippen LogP contribution in [-0.2, 0) is 11.2 Å². The van der Waals surface area contributed by atoms with E-state index < -0.39 is 11.7 Å². The van der Waals surface area contributed by atoms with Gasteiger partial charge in [0.05, 0.1) is 12.6 Å². The van der Waals surface area contributed by atoms with Crippen LogP contribution >= 0.6 is 27.3 Å². The monoisotopic (exact) mass is 361 g/mol. The third-order valence-corrected chi connectivity index (χ3v) is 4.86. The minimum atomic E-state index is -0.501. The summed E-state index contributed by atoms with van der Waals surface area (Å²) in [5.74, 6) is 0.0769. The number of likely N-dealkylation sites (tertiary alicyclic amines) is 1. The molecule has 112 valence electrons. The van der Waals surface area contributed by atoms with Crippen LogP contribution in [-0.4, -0.2) is 40.9 Å². The maximum Gasteiger partial charge on any atom is 0.410 e. The Morgan fingerprint density at radius 3 is 2.80 bits per heavy atom. The van der Waals surface area contributed by atoms with E-state index in [1.165, 1.54) is 4.88 Å². The van der Waals surface area contributed by atoms with Crippen LogP contribution in [0, 0.1) is 5.92 Å². The summed E-state index contributed by atoms with van der Waals surface area (Å²) >= 11 is 5.09. The van der Waals surface area contributed by atoms with E-state index in [4.69, 9.17) is 4.74 Å². The van der Waals surface area contributed by atoms with Gasteiger partial charge in [-0.25, -0.2) is 4.79 Å². The lowest BCUT2D eigenvalue weighted by Crippen LogP contribution is -2.35. The van der Waals surface area contributed by atoms with E-state index in [9.17, 15) is 9.90 Å². The summed E-state index contributed by atoms with van der Waals surface area (Å²) in [6.07, 6.45) is -0.0358. The number of halogens is 1. The SMILES string of the molecule is CC(C)(C)OC(=O)N1C[C@@H](Cc2cc(Br)cs2)[C@H](O)C1. The van der Waals surface area contributed by atoms with Crippen LogP contribution in [0.25, 0.3) is 0 Å². The Hall–Kier alpha value is -0.590. The molecule has 1 aliphatic rings. The van der Waals surface area contributed by atoms with Crippen molar-refractivity contribution in [2.24, 2.45) is 5.92 Å². The Morgan fingerprint density at radius 2 is 2.25 bits per heavy atom. The largest absolute Gasteiger partial charge is 0.444 e. The number of carbonyl (C=O) groups excluding carboxylic acids is 1. The summed E-state index contributed by atoms with van der Waals surface area (Å²) in [6.45, 7) is 6.44. The summed E-state index contributed by atoms with van der Waals surface area (Å²) in [4.78, 5) is 14.8. The predicted octanol–water partition coefficient (Wildman–Crippen LogP) is 3.28. The standard InChI is InChI=1S/C14H20BrNO3S/c1-14(2,3)19-13(18)16-6-9(12(17)7-16)4-11-5-10(15)8-20-11/h5,8-9,12,17H,4,6-7H2,1-3H3/t9-,12-/m1/s1. The van der Waals surface area contributed by atoms with E-state index >= 15 is 0 Å². The molecule has 1 aromatic heterocycles. The van der Waals surface area contributed by atoms with Gasteiger partial charge in [-0.1, -0.05) is 0 Å². The van der Waals surface area contributed by atoms with E-state index in [1.807, 2.05) is 26.2 Å². The highest BCUT2D eigenvalue weighted by Crippen LogP contribution is 2.27. The molecule has 2 heterocycles. The number of hydrogen-bond donors (Lipinski definition) is 1. The van der Waals surface area contributed by atoms with Crippen molar-refractivity contribution in [2.45, 2.75) is 38.9 Å². The van der Waals surface area contributed by atoms with E-state index in [1.54, 1.807) is 16.2 Å². The maximum atomic E-state index is 12.0. The highest BCUT2D eigenvalue weighted by molar-refractivity contribution is 9.10. The first-order chi connectivity index (χ1) is 9.24. The summed E-state index contributed by atoms with van der Waals surface area (Å²) in [5, 5.41) is 12.1. The maximum absolute atomic E-state index is 12.0. The molecule has 0 aromatic carbocycles. The second kappa shape index (κ2) is 6.03. The van der Waals surface area contributed by atoms with Crippen LogP contribution in [0.2, 0.25) is 0 Å². The second-order valence-electron chi connectivity index (χ2n) is 6.15. The van der Waals surface area contributed by atoms with E-state index in [0.29, 0.717) is 13.1 Å². The quantitative estimate of drug-likeness (QED) is 0.879. The van der Waals surface area contributed by atoms with E-state index in [2.05, 4.69) is 22.0 Å². The molecule has 2 atom stereocenters. The van der Waals surface area contributed by atoms with Crippen molar-refractivity contribution >= 4 is 33.4 Å². The molecule has 0 unspecified atom stereocenters. The lowest BCUT2D eigenvalue weighted by atomic mass is 10.0. The van der Waals surface area contributed by atoms with Gasteiger partial charge in [-0.2, -0.15) is 0 Å². The lowest BCUT2D eigenvalue weighted by Gasteiger charge is -2.24. The third-order valence-electron chi connectivity index (χ3n) is 3.14. The molecule has 1 fully saturated rings. The molecule has 6 heteroatoms. The van der Waals surface area contributed by atoms with Crippen LogP contribution in [0.5, 0.6) is 0 Å². The fourth-order valence-electron chi connectivity index (χ4n) is 2.25. The van der Waals surface area contributed by atoms with Gasteiger partial charge in [-0.3, -0.25) is 0 Å². The van der Waals surface area contributed by atoms with Crippen molar-refractivity contribution in [3.05, 3.63) is 20.8 Å². The van der Waals surface area contributed by atoms with Gasteiger partial charge < -0.3 is 14.7 Å². The van der Waals surface area contributed by atoms with E-state index in [-0.39, 0.29) is 12.0 Å². The first-order valence-electron chi connectivity index (χ1n) is 6.63. The lowest BCUT2D eigenvalue weighted by molar-refractivity contribution is 0.0270. The van der Waals surface area contributed by atoms with Crippen LogP contribution in [0.4, 0.5) is 4.79 Å². The number of aliphatic hydroxyl groups excluding tert-OH is 1. The normalized spacial score (nSPS) is 23.1. The van der Waals surface area contributed by atoms with Crippen molar-refractivity contribution in [3.8, 4) is 0 Å². The van der Waals surface area contributed by atoms with Crippen molar-refractivity contribution in [2.75, 3.05) is 13.1 Å². The van der Waals surface area contributed by atoms with Gasteiger partial charge in [-0.15, -0.1) is 11.3 Å². The van der Waals surface area contributed by atoms with Gasteiger partial charge in [0.2, 0.25) is 0 Å². The molecule has 0 saturated carbocycles. The van der Waals surface area contributed by atoms with Crippen molar-refractivity contribution in [1.82, 2.24) is 4.90 Å². The number of nitrogens with zero attached hydrogens (tertiary/aromatic N) is 1. The number of rotatable bonds is 2. The number of ether oxygens (including phenoxy) is 1. The number of hydrogen-bond acceptors (Lipinski definition) is 4. The van der Waals surface area contributed by atoms with Crippen molar-refractivity contribution < 1.29 is 14.6 Å². The molecule has 4 nitrogen and oxygen atoms in total. The summed E-state index contributed by atoms with van der Waals surface area (Å²) < 4.78 is 6.41. The zero-order chi connectivity index (χ0) is 14.9. The molecule has 1 aliphatic heterocycles. The Kier molecular flexibility index (Phi) is 4.76. The number of aliphatic hydroxyl groups is 1. The average molecular weight is 362 g/mol. The zero-order valence-corrected chi connectivity index (χ0v) is 14.3. The fraction of sp³-hybridized carbons (Fsp3) is 0.643. The Morgan fingerprint density at radius 1 is 1.55 bits per heavy atom. The van der Waals surface area contributed by atoms with Gasteiger partial charge >= 0.3 is 6.09 Å². The van der Waals surface area contributed by atoms with Crippen LogP contribution in [0.15, 0.2) is 15.9 Å². The number of carbonyl (C=O) groups is 1. The first kappa shape index (κ1) is 15.8. The molecular formula is C14H20BrNO3S. The number of β-amino-alcohol motifs (C(OH)–C–C–N with tert-alkyl or cyclic N) is 1. The summed E-state index contributed by atoms with van der Waals surface area (Å²) in [5.41, 5.74) is -0.501. The third kappa shape index (κ3) is 4.20. The molecular weight excluding hydrogens is 342 g/mol. The molecule has 1 amide bonds. The van der Waals surface area contributed by atoms with E-state index in [0.717, 1.165) is 10.9 Å². The van der Waals surface area contributed by atoms with Gasteiger partial charge in [0.15, 0.2) is 0 Å². The van der Waals surface area contributed by atoms with Gasteiger partial charge in [0, 0.05) is 27.2 Å². The molecule has 0 spiro atoms. The Labute approximate surface area is 131 Å². The molecule has 0 bridgehead atoms. The van der Waals surface area contributed by atoms with Crippen LogP contribution < -0.4 is 0 Å². The Balaban J connectivity index is 1.93. The van der Waals surface area contributed by atoms with Crippen molar-refractivity contribution in [3.63, 3.8) is 0 Å². The molecule has 0 aliphatic carbocycles. The summed E-state index contributed by atoms with van der Waals surface area (Å²) in [6, 6.07) is 2.06. The number of amides is 1. The molecule has 1 saturated heterocycles. The molecule has 2 rings (SSSR count). The molecule has 0 radical (unpaired) electrons. The fourth-order valence-corrected chi connectivity index (χ4v) is 3.80. The average Bonchev–Trinajstić information content (AvgIpc) is 2.85. The first-order valence-corrected chi connectivity index (χ1v) is 8.31. The smallest absolute Gasteiger partial charge is 0.410 e. The number of thiophene rings is 1. The molecule has 20 heavy (non-hydrogen) atoms.